The molecule has 8 heteroatoms. The second kappa shape index (κ2) is 6.77. The number of hydrogen-bond acceptors (Lipinski definition) is 5. The Balaban J connectivity index is 1.58. The predicted molar refractivity (Wildman–Crippen MR) is 87.8 cm³/mol. The van der Waals surface area contributed by atoms with Crippen LogP contribution >= 0.6 is 11.3 Å². The number of rotatable bonds is 4. The van der Waals surface area contributed by atoms with E-state index in [1.165, 1.54) is 11.3 Å². The first kappa shape index (κ1) is 16.1. The lowest BCUT2D eigenvalue weighted by Gasteiger charge is -2.31. The van der Waals surface area contributed by atoms with Crippen molar-refractivity contribution < 1.29 is 13.2 Å². The van der Waals surface area contributed by atoms with E-state index < -0.39 is 10.0 Å². The largest absolute Gasteiger partial charge is 0.337 e. The first-order valence-corrected chi connectivity index (χ1v) is 9.69. The quantitative estimate of drug-likeness (QED) is 0.910. The van der Waals surface area contributed by atoms with Crippen LogP contribution in [0.2, 0.25) is 0 Å². The van der Waals surface area contributed by atoms with Crippen LogP contribution in [0.1, 0.15) is 23.3 Å². The summed E-state index contributed by atoms with van der Waals surface area (Å²) in [7, 11) is -3.45. The number of likely N-dealkylation sites (tertiary alicyclic amines) is 1. The van der Waals surface area contributed by atoms with Gasteiger partial charge < -0.3 is 4.90 Å². The molecule has 1 saturated heterocycles. The maximum absolute atomic E-state index is 12.3. The molecular weight excluding hydrogens is 334 g/mol. The first-order chi connectivity index (χ1) is 11.1. The van der Waals surface area contributed by atoms with E-state index in [0.717, 1.165) is 0 Å². The third-order valence-electron chi connectivity index (χ3n) is 3.75. The van der Waals surface area contributed by atoms with E-state index in [1.54, 1.807) is 46.8 Å². The van der Waals surface area contributed by atoms with Gasteiger partial charge in [0.1, 0.15) is 9.90 Å². The summed E-state index contributed by atoms with van der Waals surface area (Å²) in [4.78, 5) is 18.1. The third-order valence-corrected chi connectivity index (χ3v) is 6.67. The summed E-state index contributed by atoms with van der Waals surface area (Å²) in [5, 5.41) is 1.74. The summed E-state index contributed by atoms with van der Waals surface area (Å²) >= 11 is 1.20. The van der Waals surface area contributed by atoms with E-state index in [0.29, 0.717) is 35.8 Å². The average Bonchev–Trinajstić information content (AvgIpc) is 3.11. The number of pyridine rings is 1. The van der Waals surface area contributed by atoms with Gasteiger partial charge in [-0.1, -0.05) is 12.1 Å². The van der Waals surface area contributed by atoms with Crippen LogP contribution in [0.5, 0.6) is 0 Å². The molecule has 1 aliphatic rings. The zero-order valence-electron chi connectivity index (χ0n) is 12.4. The van der Waals surface area contributed by atoms with Crippen molar-refractivity contribution in [2.24, 2.45) is 0 Å². The van der Waals surface area contributed by atoms with Crippen LogP contribution in [0.15, 0.2) is 46.1 Å². The molecule has 6 nitrogen and oxygen atoms in total. The molecule has 0 spiro atoms. The lowest BCUT2D eigenvalue weighted by molar-refractivity contribution is 0.0705. The van der Waals surface area contributed by atoms with Crippen LogP contribution in [0.25, 0.3) is 0 Å². The van der Waals surface area contributed by atoms with Gasteiger partial charge in [0.2, 0.25) is 10.0 Å². The summed E-state index contributed by atoms with van der Waals surface area (Å²) in [5.74, 6) is -0.106. The highest BCUT2D eigenvalue weighted by atomic mass is 32.2. The molecule has 122 valence electrons. The van der Waals surface area contributed by atoms with Gasteiger partial charge in [-0.25, -0.2) is 13.1 Å². The van der Waals surface area contributed by atoms with E-state index in [1.807, 2.05) is 0 Å². The summed E-state index contributed by atoms with van der Waals surface area (Å²) in [5.41, 5.74) is 0.421. The Hall–Kier alpha value is -1.77. The molecular formula is C15H17N3O3S2. The minimum Gasteiger partial charge on any atom is -0.337 e. The van der Waals surface area contributed by atoms with Crippen molar-refractivity contribution in [3.8, 4) is 0 Å². The Morgan fingerprint density at radius 2 is 2.00 bits per heavy atom. The van der Waals surface area contributed by atoms with Crippen LogP contribution < -0.4 is 4.72 Å². The van der Waals surface area contributed by atoms with E-state index in [2.05, 4.69) is 9.71 Å². The summed E-state index contributed by atoms with van der Waals surface area (Å²) in [6, 6.07) is 8.40. The molecule has 3 rings (SSSR count). The van der Waals surface area contributed by atoms with Crippen LogP contribution in [0, 0.1) is 0 Å². The molecule has 0 aromatic carbocycles. The Morgan fingerprint density at radius 1 is 1.22 bits per heavy atom. The molecule has 3 heterocycles. The molecule has 1 N–H and O–H groups in total. The molecule has 0 bridgehead atoms. The molecule has 0 atom stereocenters. The van der Waals surface area contributed by atoms with Gasteiger partial charge in [0, 0.05) is 25.3 Å². The van der Waals surface area contributed by atoms with Crippen LogP contribution in [0.4, 0.5) is 0 Å². The molecule has 1 aliphatic heterocycles. The lowest BCUT2D eigenvalue weighted by atomic mass is 10.1. The summed E-state index contributed by atoms with van der Waals surface area (Å²) in [6.07, 6.45) is 2.79. The topological polar surface area (TPSA) is 79.4 Å². The second-order valence-electron chi connectivity index (χ2n) is 5.33. The van der Waals surface area contributed by atoms with Crippen molar-refractivity contribution in [1.29, 1.82) is 0 Å². The van der Waals surface area contributed by atoms with Gasteiger partial charge in [-0.3, -0.25) is 9.78 Å². The number of nitrogens with zero attached hydrogens (tertiary/aromatic N) is 2. The number of nitrogens with one attached hydrogen (secondary N) is 1. The van der Waals surface area contributed by atoms with Crippen LogP contribution in [-0.4, -0.2) is 43.3 Å². The van der Waals surface area contributed by atoms with Crippen molar-refractivity contribution >= 4 is 27.3 Å². The third kappa shape index (κ3) is 3.77. The fourth-order valence-corrected chi connectivity index (χ4v) is 4.86. The van der Waals surface area contributed by atoms with Crippen molar-refractivity contribution in [2.45, 2.75) is 23.1 Å². The van der Waals surface area contributed by atoms with E-state index in [4.69, 9.17) is 0 Å². The number of aromatic nitrogens is 1. The van der Waals surface area contributed by atoms with Crippen LogP contribution in [0.3, 0.4) is 0 Å². The monoisotopic (exact) mass is 351 g/mol. The van der Waals surface area contributed by atoms with E-state index >= 15 is 0 Å². The van der Waals surface area contributed by atoms with Crippen LogP contribution in [-0.2, 0) is 10.0 Å². The number of thiophene rings is 1. The van der Waals surface area contributed by atoms with Crippen molar-refractivity contribution in [2.75, 3.05) is 13.1 Å². The zero-order valence-corrected chi connectivity index (χ0v) is 14.0. The Labute approximate surface area is 139 Å². The number of piperidine rings is 1. The van der Waals surface area contributed by atoms with Gasteiger partial charge in [-0.2, -0.15) is 0 Å². The number of amides is 1. The molecule has 0 aliphatic carbocycles. The Morgan fingerprint density at radius 3 is 2.61 bits per heavy atom. The van der Waals surface area contributed by atoms with Gasteiger partial charge in [0.25, 0.3) is 5.91 Å². The van der Waals surface area contributed by atoms with E-state index in [-0.39, 0.29) is 11.9 Å². The molecule has 1 amide bonds. The highest BCUT2D eigenvalue weighted by Gasteiger charge is 2.27. The minimum atomic E-state index is -3.45. The van der Waals surface area contributed by atoms with Gasteiger partial charge >= 0.3 is 0 Å². The lowest BCUT2D eigenvalue weighted by Crippen LogP contribution is -2.46. The first-order valence-electron chi connectivity index (χ1n) is 7.32. The van der Waals surface area contributed by atoms with Gasteiger partial charge in [-0.05, 0) is 36.4 Å². The molecule has 23 heavy (non-hydrogen) atoms. The van der Waals surface area contributed by atoms with E-state index in [9.17, 15) is 13.2 Å². The van der Waals surface area contributed by atoms with Gasteiger partial charge in [-0.15, -0.1) is 11.3 Å². The maximum Gasteiger partial charge on any atom is 0.272 e. The summed E-state index contributed by atoms with van der Waals surface area (Å²) < 4.78 is 27.5. The van der Waals surface area contributed by atoms with Gasteiger partial charge in [0.15, 0.2) is 0 Å². The van der Waals surface area contributed by atoms with Crippen molar-refractivity contribution in [1.82, 2.24) is 14.6 Å². The molecule has 2 aromatic rings. The molecule has 0 unspecified atom stereocenters. The number of sulfonamides is 1. The molecule has 2 aromatic heterocycles. The SMILES string of the molecule is O=C(c1ccccn1)N1CCC(NS(=O)(=O)c2cccs2)CC1. The van der Waals surface area contributed by atoms with Gasteiger partial charge in [0.05, 0.1) is 0 Å². The Kier molecular flexibility index (Phi) is 4.74. The number of hydrogen-bond donors (Lipinski definition) is 1. The fraction of sp³-hybridized carbons (Fsp3) is 0.333. The average molecular weight is 351 g/mol. The predicted octanol–water partition coefficient (Wildman–Crippen LogP) is 1.73. The minimum absolute atomic E-state index is 0.106. The summed E-state index contributed by atoms with van der Waals surface area (Å²) in [6.45, 7) is 1.04. The smallest absolute Gasteiger partial charge is 0.272 e. The zero-order chi connectivity index (χ0) is 16.3. The Bertz CT molecular complexity index is 753. The normalized spacial score (nSPS) is 16.4. The van der Waals surface area contributed by atoms with Crippen molar-refractivity contribution in [3.63, 3.8) is 0 Å². The second-order valence-corrected chi connectivity index (χ2v) is 8.22. The number of carbonyl (C=O) groups is 1. The molecule has 0 saturated carbocycles. The standard InChI is InChI=1S/C15H17N3O3S2/c19-15(13-4-1-2-8-16-13)18-9-6-12(7-10-18)17-23(20,21)14-5-3-11-22-14/h1-5,8,11-12,17H,6-7,9-10H2. The highest BCUT2D eigenvalue weighted by molar-refractivity contribution is 7.91. The number of carbonyl (C=O) groups excluding carboxylic acids is 1. The fourth-order valence-electron chi connectivity index (χ4n) is 2.55. The maximum atomic E-state index is 12.3. The van der Waals surface area contributed by atoms with Crippen molar-refractivity contribution in [3.05, 3.63) is 47.6 Å². The molecule has 0 radical (unpaired) electrons. The highest BCUT2D eigenvalue weighted by Crippen LogP contribution is 2.19. The molecule has 1 fully saturated rings.